The summed E-state index contributed by atoms with van der Waals surface area (Å²) in [6.07, 6.45) is -0.361. The molecule has 0 aliphatic heterocycles. The maximum atomic E-state index is 12.7. The molecule has 0 radical (unpaired) electrons. The number of fused-ring (bicyclic) bond motifs is 4. The van der Waals surface area contributed by atoms with Gasteiger partial charge < -0.3 is 31.2 Å². The molecule has 4 aromatic rings. The summed E-state index contributed by atoms with van der Waals surface area (Å²) in [6.45, 7) is 0. The quantitative estimate of drug-likeness (QED) is 0.223. The van der Waals surface area contributed by atoms with Crippen molar-refractivity contribution < 1.29 is 29.3 Å². The van der Waals surface area contributed by atoms with Crippen molar-refractivity contribution in [1.29, 1.82) is 0 Å². The van der Waals surface area contributed by atoms with E-state index in [-0.39, 0.29) is 12.8 Å². The third-order valence-electron chi connectivity index (χ3n) is 7.45. The number of para-hydroxylation sites is 2. The standard InChI is InChI=1S/C30H28N4O6/c31-29-17-5-1-3-7-19(17)33-21-11-15(35)13-23(27(21)29)39-25(37)9-10-26(38)40-24-14-16(36)12-22-28(24)30(32)18-6-2-4-8-20(18)34-22/h1-10,15-16,23-24,35-36H,11-14H2,(H2,31,33)(H2,32,34)/b10-9-. The highest BCUT2D eigenvalue weighted by Crippen LogP contribution is 2.40. The predicted molar refractivity (Wildman–Crippen MR) is 148 cm³/mol. The Kier molecular flexibility index (Phi) is 6.57. The zero-order chi connectivity index (χ0) is 28.0. The van der Waals surface area contributed by atoms with Gasteiger partial charge in [-0.2, -0.15) is 0 Å². The first-order valence-electron chi connectivity index (χ1n) is 13.1. The molecule has 40 heavy (non-hydrogen) atoms. The van der Waals surface area contributed by atoms with E-state index < -0.39 is 36.4 Å². The number of hydrogen-bond acceptors (Lipinski definition) is 10. The molecule has 10 nitrogen and oxygen atoms in total. The number of nitrogens with zero attached hydrogens (tertiary/aromatic N) is 2. The first kappa shape index (κ1) is 25.7. The molecule has 6 N–H and O–H groups in total. The number of hydrogen-bond donors (Lipinski definition) is 4. The van der Waals surface area contributed by atoms with Crippen LogP contribution in [0.15, 0.2) is 60.7 Å². The lowest BCUT2D eigenvalue weighted by atomic mass is 9.88. The van der Waals surface area contributed by atoms with Gasteiger partial charge in [0.25, 0.3) is 0 Å². The van der Waals surface area contributed by atoms with Crippen LogP contribution in [0.4, 0.5) is 11.4 Å². The number of carbonyl (C=O) groups is 2. The Morgan fingerprint density at radius 2 is 1.12 bits per heavy atom. The third-order valence-corrected chi connectivity index (χ3v) is 7.45. The molecule has 2 heterocycles. The molecule has 4 unspecified atom stereocenters. The van der Waals surface area contributed by atoms with Crippen LogP contribution < -0.4 is 11.5 Å². The number of carbonyl (C=O) groups excluding carboxylic acids is 2. The molecule has 2 aliphatic rings. The number of aliphatic hydroxyl groups is 2. The van der Waals surface area contributed by atoms with Gasteiger partial charge in [0.15, 0.2) is 0 Å². The lowest BCUT2D eigenvalue weighted by Crippen LogP contribution is -2.28. The summed E-state index contributed by atoms with van der Waals surface area (Å²) < 4.78 is 11.2. The van der Waals surface area contributed by atoms with E-state index in [4.69, 9.17) is 20.9 Å². The molecule has 6 rings (SSSR count). The Morgan fingerprint density at radius 3 is 1.55 bits per heavy atom. The summed E-state index contributed by atoms with van der Waals surface area (Å²) in [4.78, 5) is 34.7. The number of benzene rings is 2. The second-order valence-corrected chi connectivity index (χ2v) is 10.2. The highest BCUT2D eigenvalue weighted by atomic mass is 16.5. The fourth-order valence-electron chi connectivity index (χ4n) is 5.69. The van der Waals surface area contributed by atoms with Gasteiger partial charge >= 0.3 is 11.9 Å². The summed E-state index contributed by atoms with van der Waals surface area (Å²) in [7, 11) is 0. The second kappa shape index (κ2) is 10.2. The summed E-state index contributed by atoms with van der Waals surface area (Å²) in [5.74, 6) is -1.60. The van der Waals surface area contributed by atoms with Crippen molar-refractivity contribution in [1.82, 2.24) is 9.97 Å². The van der Waals surface area contributed by atoms with Gasteiger partial charge in [0.1, 0.15) is 12.2 Å². The Morgan fingerprint density at radius 1 is 0.725 bits per heavy atom. The maximum Gasteiger partial charge on any atom is 0.331 e. The second-order valence-electron chi connectivity index (χ2n) is 10.2. The van der Waals surface area contributed by atoms with Gasteiger partial charge in [-0.3, -0.25) is 9.97 Å². The molecule has 0 fully saturated rings. The smallest absolute Gasteiger partial charge is 0.331 e. The molecule has 0 spiro atoms. The monoisotopic (exact) mass is 540 g/mol. The first-order valence-corrected chi connectivity index (χ1v) is 13.1. The van der Waals surface area contributed by atoms with Gasteiger partial charge in [0.2, 0.25) is 0 Å². The highest BCUT2D eigenvalue weighted by Gasteiger charge is 2.34. The molecule has 204 valence electrons. The minimum Gasteiger partial charge on any atom is -0.454 e. The van der Waals surface area contributed by atoms with Crippen LogP contribution in [0.5, 0.6) is 0 Å². The SMILES string of the molecule is Nc1c2c(nc3ccccc13)CC(O)CC2OC(=O)/C=C\C(=O)OC1CC(O)Cc2nc3ccccc3c(N)c21. The van der Waals surface area contributed by atoms with Crippen molar-refractivity contribution >= 4 is 45.1 Å². The van der Waals surface area contributed by atoms with E-state index in [1.807, 2.05) is 48.5 Å². The molecule has 0 bridgehead atoms. The van der Waals surface area contributed by atoms with Crippen LogP contribution in [0.2, 0.25) is 0 Å². The van der Waals surface area contributed by atoms with Crippen molar-refractivity contribution in [3.05, 3.63) is 83.2 Å². The lowest BCUT2D eigenvalue weighted by molar-refractivity contribution is -0.148. The minimum absolute atomic E-state index is 0.151. The molecule has 0 amide bonds. The molecule has 2 aliphatic carbocycles. The number of esters is 2. The summed E-state index contributed by atoms with van der Waals surface area (Å²) in [6, 6.07) is 14.7. The van der Waals surface area contributed by atoms with Gasteiger partial charge in [-0.15, -0.1) is 0 Å². The van der Waals surface area contributed by atoms with Crippen molar-refractivity contribution in [2.75, 3.05) is 11.5 Å². The minimum atomic E-state index is -0.830. The number of aliphatic hydroxyl groups excluding tert-OH is 2. The predicted octanol–water partition coefficient (Wildman–Crippen LogP) is 2.99. The molecular weight excluding hydrogens is 512 g/mol. The topological polar surface area (TPSA) is 171 Å². The first-order chi connectivity index (χ1) is 19.3. The van der Waals surface area contributed by atoms with Crippen LogP contribution in [0.3, 0.4) is 0 Å². The van der Waals surface area contributed by atoms with Crippen molar-refractivity contribution in [3.63, 3.8) is 0 Å². The molecule has 4 atom stereocenters. The highest BCUT2D eigenvalue weighted by molar-refractivity contribution is 5.95. The van der Waals surface area contributed by atoms with E-state index in [0.717, 1.165) is 22.9 Å². The van der Waals surface area contributed by atoms with Crippen molar-refractivity contribution in [2.45, 2.75) is 50.1 Å². The normalized spacial score (nSPS) is 22.1. The van der Waals surface area contributed by atoms with Crippen LogP contribution in [-0.4, -0.2) is 44.3 Å². The summed E-state index contributed by atoms with van der Waals surface area (Å²) in [5, 5.41) is 22.2. The number of pyridine rings is 2. The average molecular weight is 541 g/mol. The molecule has 10 heteroatoms. The van der Waals surface area contributed by atoms with E-state index in [0.29, 0.717) is 57.8 Å². The molecular formula is C30H28N4O6. The number of ether oxygens (including phenoxy) is 2. The Bertz CT molecular complexity index is 1560. The van der Waals surface area contributed by atoms with Gasteiger partial charge in [-0.1, -0.05) is 36.4 Å². The van der Waals surface area contributed by atoms with Crippen LogP contribution in [0.1, 0.15) is 47.6 Å². The Balaban J connectivity index is 1.19. The average Bonchev–Trinajstić information content (AvgIpc) is 2.91. The number of rotatable bonds is 4. The zero-order valence-corrected chi connectivity index (χ0v) is 21.5. The maximum absolute atomic E-state index is 12.7. The summed E-state index contributed by atoms with van der Waals surface area (Å²) in [5.41, 5.74) is 17.4. The molecule has 2 aromatic heterocycles. The number of nitrogen functional groups attached to an aromatic ring is 2. The number of aromatic nitrogens is 2. The fourth-order valence-corrected chi connectivity index (χ4v) is 5.69. The van der Waals surface area contributed by atoms with Gasteiger partial charge in [-0.25, -0.2) is 9.59 Å². The van der Waals surface area contributed by atoms with E-state index >= 15 is 0 Å². The fraction of sp³-hybridized carbons (Fsp3) is 0.267. The van der Waals surface area contributed by atoms with Gasteiger partial charge in [0, 0.05) is 71.1 Å². The Hall–Kier alpha value is -4.54. The van der Waals surface area contributed by atoms with E-state index in [9.17, 15) is 19.8 Å². The van der Waals surface area contributed by atoms with E-state index in [2.05, 4.69) is 9.97 Å². The number of nitrogens with two attached hydrogens (primary N) is 2. The Labute approximate surface area is 229 Å². The van der Waals surface area contributed by atoms with Crippen LogP contribution >= 0.6 is 0 Å². The van der Waals surface area contributed by atoms with Gasteiger partial charge in [-0.05, 0) is 12.1 Å². The van der Waals surface area contributed by atoms with E-state index in [1.165, 1.54) is 0 Å². The number of anilines is 2. The van der Waals surface area contributed by atoms with Crippen molar-refractivity contribution in [2.24, 2.45) is 0 Å². The third kappa shape index (κ3) is 4.72. The van der Waals surface area contributed by atoms with Crippen LogP contribution in [0, 0.1) is 0 Å². The zero-order valence-electron chi connectivity index (χ0n) is 21.5. The molecule has 0 saturated carbocycles. The lowest BCUT2D eigenvalue weighted by Gasteiger charge is -2.29. The van der Waals surface area contributed by atoms with Crippen LogP contribution in [0.25, 0.3) is 21.8 Å². The van der Waals surface area contributed by atoms with Crippen molar-refractivity contribution in [3.8, 4) is 0 Å². The van der Waals surface area contributed by atoms with E-state index in [1.54, 1.807) is 0 Å². The molecule has 2 aromatic carbocycles. The van der Waals surface area contributed by atoms with Gasteiger partial charge in [0.05, 0.1) is 34.6 Å². The van der Waals surface area contributed by atoms with Crippen LogP contribution in [-0.2, 0) is 31.9 Å². The largest absolute Gasteiger partial charge is 0.454 e. The summed E-state index contributed by atoms with van der Waals surface area (Å²) >= 11 is 0. The molecule has 0 saturated heterocycles.